The first-order valence-electron chi connectivity index (χ1n) is 5.69. The zero-order chi connectivity index (χ0) is 12.3. The van der Waals surface area contributed by atoms with Gasteiger partial charge in [-0.05, 0) is 6.92 Å². The zero-order valence-electron chi connectivity index (χ0n) is 10.1. The first kappa shape index (κ1) is 13.0. The lowest BCUT2D eigenvalue weighted by atomic mass is 10.1. The van der Waals surface area contributed by atoms with Crippen molar-refractivity contribution in [2.45, 2.75) is 26.9 Å². The first-order chi connectivity index (χ1) is 7.43. The highest BCUT2D eigenvalue weighted by molar-refractivity contribution is 5.81. The summed E-state index contributed by atoms with van der Waals surface area (Å²) in [6.07, 6.45) is -0.952. The summed E-state index contributed by atoms with van der Waals surface area (Å²) in [5.74, 6) is -0.125. The van der Waals surface area contributed by atoms with Crippen LogP contribution in [0.15, 0.2) is 0 Å². The molecule has 0 bridgehead atoms. The lowest BCUT2D eigenvalue weighted by molar-refractivity contribution is -0.145. The number of rotatable bonds is 2. The summed E-state index contributed by atoms with van der Waals surface area (Å²) in [7, 11) is 0. The average molecular weight is 228 g/mol. The maximum absolute atomic E-state index is 11.7. The fourth-order valence-electron chi connectivity index (χ4n) is 1.78. The van der Waals surface area contributed by atoms with Gasteiger partial charge < -0.3 is 14.9 Å². The van der Waals surface area contributed by atoms with E-state index in [1.54, 1.807) is 9.80 Å². The van der Waals surface area contributed by atoms with Crippen molar-refractivity contribution in [3.63, 3.8) is 0 Å². The SMILES string of the molecule is CC(C)C(=O)N1CCN(C(=O)C(C)O)CC1. The first-order valence-corrected chi connectivity index (χ1v) is 5.69. The molecule has 0 aliphatic carbocycles. The van der Waals surface area contributed by atoms with Crippen molar-refractivity contribution in [2.24, 2.45) is 5.92 Å². The molecule has 1 aliphatic rings. The van der Waals surface area contributed by atoms with Crippen LogP contribution in [0.4, 0.5) is 0 Å². The van der Waals surface area contributed by atoms with E-state index in [1.165, 1.54) is 6.92 Å². The summed E-state index contributed by atoms with van der Waals surface area (Å²) in [4.78, 5) is 26.5. The number of carbonyl (C=O) groups excluding carboxylic acids is 2. The van der Waals surface area contributed by atoms with Gasteiger partial charge in [0, 0.05) is 32.1 Å². The third kappa shape index (κ3) is 2.95. The van der Waals surface area contributed by atoms with E-state index in [2.05, 4.69) is 0 Å². The molecule has 0 saturated carbocycles. The Morgan fingerprint density at radius 2 is 1.31 bits per heavy atom. The van der Waals surface area contributed by atoms with Crippen LogP contribution in [0.5, 0.6) is 0 Å². The molecule has 92 valence electrons. The Balaban J connectivity index is 2.45. The fraction of sp³-hybridized carbons (Fsp3) is 0.818. The number of piperazine rings is 1. The van der Waals surface area contributed by atoms with E-state index < -0.39 is 6.10 Å². The lowest BCUT2D eigenvalue weighted by Crippen LogP contribution is -2.53. The maximum Gasteiger partial charge on any atom is 0.251 e. The van der Waals surface area contributed by atoms with Crippen molar-refractivity contribution in [2.75, 3.05) is 26.2 Å². The summed E-state index contributed by atoms with van der Waals surface area (Å²) >= 11 is 0. The molecule has 16 heavy (non-hydrogen) atoms. The molecule has 1 atom stereocenters. The lowest BCUT2D eigenvalue weighted by Gasteiger charge is -2.36. The molecule has 0 radical (unpaired) electrons. The van der Waals surface area contributed by atoms with Crippen LogP contribution in [0.25, 0.3) is 0 Å². The van der Waals surface area contributed by atoms with Gasteiger partial charge in [0.1, 0.15) is 6.10 Å². The Kier molecular flexibility index (Phi) is 4.29. The molecule has 5 heteroatoms. The van der Waals surface area contributed by atoms with Crippen molar-refractivity contribution >= 4 is 11.8 Å². The molecule has 1 N–H and O–H groups in total. The van der Waals surface area contributed by atoms with E-state index in [1.807, 2.05) is 13.8 Å². The van der Waals surface area contributed by atoms with Gasteiger partial charge in [0.05, 0.1) is 0 Å². The molecular weight excluding hydrogens is 208 g/mol. The Bertz CT molecular complexity index is 240. The van der Waals surface area contributed by atoms with Crippen LogP contribution < -0.4 is 0 Å². The molecule has 1 aliphatic heterocycles. The molecule has 0 aromatic carbocycles. The van der Waals surface area contributed by atoms with Crippen LogP contribution in [0.3, 0.4) is 0 Å². The normalized spacial score (nSPS) is 18.8. The van der Waals surface area contributed by atoms with Crippen LogP contribution in [0.1, 0.15) is 20.8 Å². The second kappa shape index (κ2) is 5.30. The van der Waals surface area contributed by atoms with Crippen LogP contribution in [-0.2, 0) is 9.59 Å². The van der Waals surface area contributed by atoms with Gasteiger partial charge in [0.2, 0.25) is 5.91 Å². The molecule has 1 heterocycles. The van der Waals surface area contributed by atoms with Crippen LogP contribution in [0, 0.1) is 5.92 Å². The minimum absolute atomic E-state index is 0.000910. The van der Waals surface area contributed by atoms with Crippen molar-refractivity contribution < 1.29 is 14.7 Å². The third-order valence-corrected chi connectivity index (χ3v) is 2.75. The Labute approximate surface area is 96.0 Å². The predicted molar refractivity (Wildman–Crippen MR) is 59.7 cm³/mol. The molecule has 1 rings (SSSR count). The topological polar surface area (TPSA) is 60.9 Å². The van der Waals surface area contributed by atoms with E-state index in [0.717, 1.165) is 0 Å². The van der Waals surface area contributed by atoms with Crippen molar-refractivity contribution in [1.82, 2.24) is 9.80 Å². The molecular formula is C11H20N2O3. The Morgan fingerprint density at radius 3 is 1.62 bits per heavy atom. The summed E-state index contributed by atoms with van der Waals surface area (Å²) in [5.41, 5.74) is 0. The van der Waals surface area contributed by atoms with E-state index in [9.17, 15) is 9.59 Å². The number of nitrogens with zero attached hydrogens (tertiary/aromatic N) is 2. The van der Waals surface area contributed by atoms with Crippen molar-refractivity contribution in [3.05, 3.63) is 0 Å². The quantitative estimate of drug-likeness (QED) is 0.705. The summed E-state index contributed by atoms with van der Waals surface area (Å²) in [5, 5.41) is 9.16. The number of hydrogen-bond acceptors (Lipinski definition) is 3. The second-order valence-electron chi connectivity index (χ2n) is 4.48. The molecule has 1 unspecified atom stereocenters. The van der Waals surface area contributed by atoms with Gasteiger partial charge in [0.25, 0.3) is 5.91 Å². The monoisotopic (exact) mass is 228 g/mol. The molecule has 1 fully saturated rings. The van der Waals surface area contributed by atoms with Gasteiger partial charge in [0.15, 0.2) is 0 Å². The Morgan fingerprint density at radius 1 is 0.938 bits per heavy atom. The zero-order valence-corrected chi connectivity index (χ0v) is 10.1. The maximum atomic E-state index is 11.7. The van der Waals surface area contributed by atoms with Gasteiger partial charge in [-0.3, -0.25) is 9.59 Å². The summed E-state index contributed by atoms with van der Waals surface area (Å²) in [6.45, 7) is 7.37. The van der Waals surface area contributed by atoms with Crippen molar-refractivity contribution in [1.29, 1.82) is 0 Å². The van der Waals surface area contributed by atoms with Crippen LogP contribution >= 0.6 is 0 Å². The highest BCUT2D eigenvalue weighted by atomic mass is 16.3. The Hall–Kier alpha value is -1.10. The fourth-order valence-corrected chi connectivity index (χ4v) is 1.78. The molecule has 5 nitrogen and oxygen atoms in total. The number of carbonyl (C=O) groups is 2. The summed E-state index contributed by atoms with van der Waals surface area (Å²) < 4.78 is 0. The van der Waals surface area contributed by atoms with Crippen LogP contribution in [-0.4, -0.2) is 59.0 Å². The van der Waals surface area contributed by atoms with Crippen molar-refractivity contribution in [3.8, 4) is 0 Å². The largest absolute Gasteiger partial charge is 0.384 e. The molecule has 0 aromatic heterocycles. The summed E-state index contributed by atoms with van der Waals surface area (Å²) in [6, 6.07) is 0. The number of aliphatic hydroxyl groups excluding tert-OH is 1. The van der Waals surface area contributed by atoms with Crippen LogP contribution in [0.2, 0.25) is 0 Å². The van der Waals surface area contributed by atoms with E-state index in [4.69, 9.17) is 5.11 Å². The number of hydrogen-bond donors (Lipinski definition) is 1. The predicted octanol–water partition coefficient (Wildman–Crippen LogP) is -0.306. The third-order valence-electron chi connectivity index (χ3n) is 2.75. The average Bonchev–Trinajstić information content (AvgIpc) is 2.27. The highest BCUT2D eigenvalue weighted by Gasteiger charge is 2.26. The van der Waals surface area contributed by atoms with Gasteiger partial charge >= 0.3 is 0 Å². The molecule has 0 aromatic rings. The van der Waals surface area contributed by atoms with Gasteiger partial charge in [-0.2, -0.15) is 0 Å². The second-order valence-corrected chi connectivity index (χ2v) is 4.48. The standard InChI is InChI=1S/C11H20N2O3/c1-8(2)10(15)12-4-6-13(7-5-12)11(16)9(3)14/h8-9,14H,4-7H2,1-3H3. The van der Waals surface area contributed by atoms with E-state index >= 15 is 0 Å². The molecule has 1 saturated heterocycles. The highest BCUT2D eigenvalue weighted by Crippen LogP contribution is 2.08. The number of amides is 2. The van der Waals surface area contributed by atoms with E-state index in [-0.39, 0.29) is 17.7 Å². The smallest absolute Gasteiger partial charge is 0.251 e. The van der Waals surface area contributed by atoms with Gasteiger partial charge in [-0.15, -0.1) is 0 Å². The minimum Gasteiger partial charge on any atom is -0.384 e. The molecule has 2 amide bonds. The van der Waals surface area contributed by atoms with E-state index in [0.29, 0.717) is 26.2 Å². The number of aliphatic hydroxyl groups is 1. The van der Waals surface area contributed by atoms with Gasteiger partial charge in [-0.1, -0.05) is 13.8 Å². The minimum atomic E-state index is -0.952. The van der Waals surface area contributed by atoms with Gasteiger partial charge in [-0.25, -0.2) is 0 Å². The molecule has 0 spiro atoms.